The highest BCUT2D eigenvalue weighted by Crippen LogP contribution is 2.38. The Kier molecular flexibility index (Phi) is 4.33. The van der Waals surface area contributed by atoms with Crippen LogP contribution < -0.4 is 10.6 Å². The van der Waals surface area contributed by atoms with Gasteiger partial charge in [-0.15, -0.1) is 0 Å². The number of carboxylic acid groups (broad SMARTS) is 1. The zero-order valence-corrected chi connectivity index (χ0v) is 12.2. The van der Waals surface area contributed by atoms with E-state index in [0.29, 0.717) is 12.5 Å². The number of amides is 2. The Morgan fingerprint density at radius 3 is 2.67 bits per heavy atom. The van der Waals surface area contributed by atoms with Gasteiger partial charge in [0.1, 0.15) is 0 Å². The largest absolute Gasteiger partial charge is 0.481 e. The molecule has 0 radical (unpaired) electrons. The maximum absolute atomic E-state index is 12.0. The third-order valence-corrected chi connectivity index (χ3v) is 5.04. The molecule has 2 amide bonds. The van der Waals surface area contributed by atoms with Crippen LogP contribution in [0, 0.1) is 17.8 Å². The topological polar surface area (TPSA) is 87.7 Å². The van der Waals surface area contributed by atoms with Crippen molar-refractivity contribution in [3.05, 3.63) is 0 Å². The van der Waals surface area contributed by atoms with E-state index in [0.717, 1.165) is 32.3 Å². The number of carboxylic acids is 1. The lowest BCUT2D eigenvalue weighted by molar-refractivity contribution is -0.142. The van der Waals surface area contributed by atoms with Crippen molar-refractivity contribution in [1.82, 2.24) is 10.6 Å². The van der Waals surface area contributed by atoms with Crippen molar-refractivity contribution < 1.29 is 19.4 Å². The summed E-state index contributed by atoms with van der Waals surface area (Å²) in [6.45, 7) is 1.17. The number of nitrogens with one attached hydrogen (secondary N) is 2. The summed E-state index contributed by atoms with van der Waals surface area (Å²) in [5.74, 6) is -0.367. The number of hydrogen-bond acceptors (Lipinski definition) is 3. The van der Waals surface area contributed by atoms with E-state index in [1.54, 1.807) is 0 Å². The Morgan fingerprint density at radius 2 is 1.95 bits per heavy atom. The maximum Gasteiger partial charge on any atom is 0.315 e. The molecule has 6 nitrogen and oxygen atoms in total. The second kappa shape index (κ2) is 6.22. The third-order valence-electron chi connectivity index (χ3n) is 5.04. The van der Waals surface area contributed by atoms with Crippen molar-refractivity contribution in [2.24, 2.45) is 17.8 Å². The van der Waals surface area contributed by atoms with Crippen LogP contribution in [0.4, 0.5) is 4.79 Å². The molecule has 3 fully saturated rings. The van der Waals surface area contributed by atoms with Crippen LogP contribution in [-0.4, -0.2) is 42.4 Å². The average Bonchev–Trinajstić information content (AvgIpc) is 3.00. The van der Waals surface area contributed by atoms with Gasteiger partial charge in [-0.25, -0.2) is 4.79 Å². The first kappa shape index (κ1) is 14.6. The first-order chi connectivity index (χ1) is 10.1. The Bertz CT molecular complexity index is 410. The van der Waals surface area contributed by atoms with Gasteiger partial charge < -0.3 is 20.5 Å². The number of hydrogen-bond donors (Lipinski definition) is 3. The average molecular weight is 296 g/mol. The molecule has 21 heavy (non-hydrogen) atoms. The van der Waals surface area contributed by atoms with Gasteiger partial charge in [0, 0.05) is 13.2 Å². The highest BCUT2D eigenvalue weighted by Gasteiger charge is 2.41. The van der Waals surface area contributed by atoms with Crippen LogP contribution in [0.5, 0.6) is 0 Å². The van der Waals surface area contributed by atoms with Crippen molar-refractivity contribution in [3.63, 3.8) is 0 Å². The van der Waals surface area contributed by atoms with Crippen LogP contribution >= 0.6 is 0 Å². The standard InChI is InChI=1S/C15H24N2O4/c18-14(19)11-3-1-2-10(11)8-16-15(20)17-12-6-7-21-13(12)9-4-5-9/h9-13H,1-8H2,(H,18,19)(H2,16,17,20). The summed E-state index contributed by atoms with van der Waals surface area (Å²) in [6, 6.07) is -0.0801. The fraction of sp³-hybridized carbons (Fsp3) is 0.867. The van der Waals surface area contributed by atoms with Crippen LogP contribution in [0.25, 0.3) is 0 Å². The predicted molar refractivity (Wildman–Crippen MR) is 75.9 cm³/mol. The zero-order valence-electron chi connectivity index (χ0n) is 12.2. The molecule has 1 saturated heterocycles. The number of aliphatic carboxylic acids is 1. The Labute approximate surface area is 124 Å². The lowest BCUT2D eigenvalue weighted by Crippen LogP contribution is -2.47. The van der Waals surface area contributed by atoms with E-state index < -0.39 is 5.97 Å². The van der Waals surface area contributed by atoms with Crippen LogP contribution in [0.1, 0.15) is 38.5 Å². The Morgan fingerprint density at radius 1 is 1.14 bits per heavy atom. The minimum absolute atomic E-state index is 0.0623. The third kappa shape index (κ3) is 3.48. The second-order valence-corrected chi connectivity index (χ2v) is 6.56. The molecule has 4 unspecified atom stereocenters. The molecule has 118 valence electrons. The van der Waals surface area contributed by atoms with Gasteiger partial charge in [0.15, 0.2) is 0 Å². The lowest BCUT2D eigenvalue weighted by Gasteiger charge is -2.21. The molecule has 3 aliphatic rings. The van der Waals surface area contributed by atoms with E-state index in [2.05, 4.69) is 10.6 Å². The smallest absolute Gasteiger partial charge is 0.315 e. The molecule has 0 bridgehead atoms. The number of rotatable bonds is 5. The summed E-state index contributed by atoms with van der Waals surface area (Å²) >= 11 is 0. The van der Waals surface area contributed by atoms with E-state index >= 15 is 0 Å². The monoisotopic (exact) mass is 296 g/mol. The Hall–Kier alpha value is -1.30. The molecule has 3 N–H and O–H groups in total. The minimum atomic E-state index is -0.738. The number of carbonyl (C=O) groups is 2. The van der Waals surface area contributed by atoms with Crippen molar-refractivity contribution in [1.29, 1.82) is 0 Å². The molecule has 1 heterocycles. The number of carbonyl (C=O) groups excluding carboxylic acids is 1. The fourth-order valence-corrected chi connectivity index (χ4v) is 3.70. The maximum atomic E-state index is 12.0. The predicted octanol–water partition coefficient (Wildman–Crippen LogP) is 1.35. The molecule has 3 rings (SSSR count). The molecular weight excluding hydrogens is 272 g/mol. The number of ether oxygens (including phenoxy) is 1. The van der Waals surface area contributed by atoms with Crippen LogP contribution in [0.3, 0.4) is 0 Å². The first-order valence-electron chi connectivity index (χ1n) is 8.04. The summed E-state index contributed by atoms with van der Waals surface area (Å²) < 4.78 is 5.70. The molecule has 0 aromatic heterocycles. The van der Waals surface area contributed by atoms with E-state index in [1.807, 2.05) is 0 Å². The summed E-state index contributed by atoms with van der Waals surface area (Å²) in [5.41, 5.74) is 0. The van der Waals surface area contributed by atoms with Gasteiger partial charge in [0.2, 0.25) is 0 Å². The van der Waals surface area contributed by atoms with E-state index in [-0.39, 0.29) is 30.0 Å². The van der Waals surface area contributed by atoms with E-state index in [9.17, 15) is 9.59 Å². The molecule has 1 aliphatic heterocycles. The van der Waals surface area contributed by atoms with Gasteiger partial charge in [-0.3, -0.25) is 4.79 Å². The summed E-state index contributed by atoms with van der Waals surface area (Å²) in [6.07, 6.45) is 5.99. The van der Waals surface area contributed by atoms with Gasteiger partial charge in [-0.05, 0) is 43.9 Å². The van der Waals surface area contributed by atoms with Crippen LogP contribution in [0.15, 0.2) is 0 Å². The SMILES string of the molecule is O=C(NCC1CCCC1C(=O)O)NC1CCOC1C1CC1. The van der Waals surface area contributed by atoms with Gasteiger partial charge in [-0.2, -0.15) is 0 Å². The summed E-state index contributed by atoms with van der Waals surface area (Å²) in [4.78, 5) is 23.1. The van der Waals surface area contributed by atoms with Crippen molar-refractivity contribution in [2.75, 3.05) is 13.2 Å². The van der Waals surface area contributed by atoms with Gasteiger partial charge in [-0.1, -0.05) is 6.42 Å². The molecule has 4 atom stereocenters. The normalized spacial score (nSPS) is 35.6. The Balaban J connectivity index is 1.43. The molecule has 0 aromatic rings. The highest BCUT2D eigenvalue weighted by molar-refractivity contribution is 5.75. The molecule has 6 heteroatoms. The fourth-order valence-electron chi connectivity index (χ4n) is 3.70. The second-order valence-electron chi connectivity index (χ2n) is 6.56. The molecule has 0 aromatic carbocycles. The van der Waals surface area contributed by atoms with Gasteiger partial charge in [0.25, 0.3) is 0 Å². The van der Waals surface area contributed by atoms with Gasteiger partial charge in [0.05, 0.1) is 18.1 Å². The molecule has 2 aliphatic carbocycles. The van der Waals surface area contributed by atoms with Crippen molar-refractivity contribution >= 4 is 12.0 Å². The van der Waals surface area contributed by atoms with E-state index in [4.69, 9.17) is 9.84 Å². The number of urea groups is 1. The lowest BCUT2D eigenvalue weighted by atomic mass is 9.96. The van der Waals surface area contributed by atoms with Crippen LogP contribution in [0.2, 0.25) is 0 Å². The molecule has 2 saturated carbocycles. The summed E-state index contributed by atoms with van der Waals surface area (Å²) in [7, 11) is 0. The van der Waals surface area contributed by atoms with Gasteiger partial charge >= 0.3 is 12.0 Å². The minimum Gasteiger partial charge on any atom is -0.481 e. The van der Waals surface area contributed by atoms with Crippen molar-refractivity contribution in [3.8, 4) is 0 Å². The highest BCUT2D eigenvalue weighted by atomic mass is 16.5. The van der Waals surface area contributed by atoms with Crippen molar-refractivity contribution in [2.45, 2.75) is 50.7 Å². The first-order valence-corrected chi connectivity index (χ1v) is 8.04. The quantitative estimate of drug-likeness (QED) is 0.714. The molecular formula is C15H24N2O4. The summed E-state index contributed by atoms with van der Waals surface area (Å²) in [5, 5.41) is 15.0. The molecule has 0 spiro atoms. The van der Waals surface area contributed by atoms with E-state index in [1.165, 1.54) is 12.8 Å². The van der Waals surface area contributed by atoms with Crippen LogP contribution in [-0.2, 0) is 9.53 Å². The zero-order chi connectivity index (χ0) is 14.8.